The van der Waals surface area contributed by atoms with Crippen molar-refractivity contribution in [2.75, 3.05) is 36.8 Å². The predicted octanol–water partition coefficient (Wildman–Crippen LogP) is 3.65. The number of rotatable bonds is 8. The highest BCUT2D eigenvalue weighted by Crippen LogP contribution is 2.24. The van der Waals surface area contributed by atoms with Gasteiger partial charge in [-0.1, -0.05) is 24.3 Å². The number of pyridine rings is 1. The number of imidazole rings is 2. The fourth-order valence-corrected chi connectivity index (χ4v) is 5.12. The van der Waals surface area contributed by atoms with Crippen LogP contribution in [-0.2, 0) is 23.2 Å². The number of benzene rings is 2. The molecule has 0 radical (unpaired) electrons. The Balaban J connectivity index is 0.000000559. The third kappa shape index (κ3) is 7.25. The average molecular weight is 589 g/mol. The van der Waals surface area contributed by atoms with E-state index in [2.05, 4.69) is 40.7 Å². The molecule has 4 heterocycles. The van der Waals surface area contributed by atoms with Crippen LogP contribution in [0.5, 0.6) is 0 Å². The Morgan fingerprint density at radius 2 is 1.60 bits per heavy atom. The van der Waals surface area contributed by atoms with Crippen LogP contribution in [0.25, 0.3) is 22.1 Å². The zero-order valence-electron chi connectivity index (χ0n) is 23.7. The fourth-order valence-electron chi connectivity index (χ4n) is 5.12. The van der Waals surface area contributed by atoms with E-state index in [-0.39, 0.29) is 5.82 Å². The fraction of sp³-hybridized carbons (Fsp3) is 0.300. The van der Waals surface area contributed by atoms with E-state index in [0.29, 0.717) is 12.6 Å². The molecule has 0 amide bonds. The van der Waals surface area contributed by atoms with Gasteiger partial charge in [0, 0.05) is 45.5 Å². The maximum atomic E-state index is 13.4. The van der Waals surface area contributed by atoms with Crippen molar-refractivity contribution >= 4 is 45.9 Å². The topological polar surface area (TPSA) is 150 Å². The molecule has 5 aromatic rings. The molecule has 2 aromatic carbocycles. The molecule has 0 saturated carbocycles. The van der Waals surface area contributed by atoms with Crippen LogP contribution in [-0.4, -0.2) is 83.4 Å². The van der Waals surface area contributed by atoms with Crippen molar-refractivity contribution in [2.45, 2.75) is 25.4 Å². The number of anilines is 2. The van der Waals surface area contributed by atoms with Gasteiger partial charge in [-0.15, -0.1) is 0 Å². The Kier molecular flexibility index (Phi) is 9.11. The number of hydrogen-bond acceptors (Lipinski definition) is 8. The molecule has 1 saturated heterocycles. The second-order valence-electron chi connectivity index (χ2n) is 10.3. The molecule has 43 heavy (non-hydrogen) atoms. The van der Waals surface area contributed by atoms with Crippen molar-refractivity contribution in [3.05, 3.63) is 78.4 Å². The lowest BCUT2D eigenvalue weighted by Crippen LogP contribution is -2.41. The number of carboxylic acids is 2. The summed E-state index contributed by atoms with van der Waals surface area (Å²) in [5.74, 6) is -2.11. The van der Waals surface area contributed by atoms with Crippen molar-refractivity contribution in [1.82, 2.24) is 29.0 Å². The lowest BCUT2D eigenvalue weighted by atomic mass is 10.1. The van der Waals surface area contributed by atoms with Gasteiger partial charge in [0.1, 0.15) is 5.82 Å². The van der Waals surface area contributed by atoms with Gasteiger partial charge >= 0.3 is 11.9 Å². The van der Waals surface area contributed by atoms with Crippen molar-refractivity contribution < 1.29 is 24.2 Å². The van der Waals surface area contributed by atoms with Gasteiger partial charge in [0.2, 0.25) is 11.9 Å². The van der Waals surface area contributed by atoms with Gasteiger partial charge in [0.15, 0.2) is 0 Å². The normalized spacial score (nSPS) is 13.9. The van der Waals surface area contributed by atoms with Crippen LogP contribution in [0.3, 0.4) is 0 Å². The number of aliphatic carboxylic acids is 2. The second-order valence-corrected chi connectivity index (χ2v) is 10.3. The first kappa shape index (κ1) is 29.5. The van der Waals surface area contributed by atoms with Crippen molar-refractivity contribution in [1.29, 1.82) is 0 Å². The van der Waals surface area contributed by atoms with E-state index in [1.54, 1.807) is 6.20 Å². The number of hydrogen-bond donors (Lipinski definition) is 4. The number of nitrogens with zero attached hydrogens (tertiary/aromatic N) is 6. The van der Waals surface area contributed by atoms with E-state index in [9.17, 15) is 4.39 Å². The van der Waals surface area contributed by atoms with Gasteiger partial charge in [-0.05, 0) is 48.7 Å². The molecule has 1 aliphatic heterocycles. The van der Waals surface area contributed by atoms with Crippen LogP contribution in [0.4, 0.5) is 16.3 Å². The Morgan fingerprint density at radius 1 is 0.930 bits per heavy atom. The minimum Gasteiger partial charge on any atom is -0.473 e. The standard InChI is InChI=1S/C28H31FN8.C2H2O4/c1-35-26-18-30-13-10-24(26)33-27(35)31-14-17-36-15-11-22(12-16-36)32-28-34-23-4-2-3-5-25(23)37(28)19-20-6-8-21(29)9-7-20;3-1(4)2(5)6/h2-10,13,18,22H,11-12,14-17,19H2,1H3,(H,31,33)(H,32,34);(H,3,4)(H,5,6). The number of likely N-dealkylation sites (tertiary alicyclic amines) is 1. The summed E-state index contributed by atoms with van der Waals surface area (Å²) in [7, 11) is 2.01. The van der Waals surface area contributed by atoms with Gasteiger partial charge in [-0.3, -0.25) is 4.98 Å². The Morgan fingerprint density at radius 3 is 2.30 bits per heavy atom. The summed E-state index contributed by atoms with van der Waals surface area (Å²) in [5.41, 5.74) is 5.08. The second kappa shape index (κ2) is 13.3. The summed E-state index contributed by atoms with van der Waals surface area (Å²) in [4.78, 5) is 34.5. The molecule has 0 aliphatic carbocycles. The van der Waals surface area contributed by atoms with Crippen LogP contribution >= 0.6 is 0 Å². The minimum atomic E-state index is -1.82. The van der Waals surface area contributed by atoms with Gasteiger partial charge in [-0.25, -0.2) is 23.9 Å². The van der Waals surface area contributed by atoms with E-state index in [4.69, 9.17) is 24.8 Å². The van der Waals surface area contributed by atoms with E-state index in [1.807, 2.05) is 49.6 Å². The summed E-state index contributed by atoms with van der Waals surface area (Å²) in [5, 5.41) is 22.0. The molecule has 6 rings (SSSR count). The molecule has 0 unspecified atom stereocenters. The van der Waals surface area contributed by atoms with E-state index in [0.717, 1.165) is 78.5 Å². The van der Waals surface area contributed by atoms with Gasteiger partial charge in [-0.2, -0.15) is 0 Å². The first-order chi connectivity index (χ1) is 20.8. The smallest absolute Gasteiger partial charge is 0.414 e. The largest absolute Gasteiger partial charge is 0.473 e. The molecule has 13 heteroatoms. The highest BCUT2D eigenvalue weighted by atomic mass is 19.1. The minimum absolute atomic E-state index is 0.217. The monoisotopic (exact) mass is 588 g/mol. The summed E-state index contributed by atoms with van der Waals surface area (Å²) in [6.45, 7) is 4.52. The van der Waals surface area contributed by atoms with E-state index < -0.39 is 11.9 Å². The van der Waals surface area contributed by atoms with Gasteiger partial charge in [0.05, 0.1) is 34.8 Å². The van der Waals surface area contributed by atoms with Crippen LogP contribution in [0.1, 0.15) is 18.4 Å². The van der Waals surface area contributed by atoms with Crippen LogP contribution in [0.2, 0.25) is 0 Å². The van der Waals surface area contributed by atoms with Crippen molar-refractivity contribution in [2.24, 2.45) is 7.05 Å². The zero-order valence-corrected chi connectivity index (χ0v) is 23.7. The first-order valence-electron chi connectivity index (χ1n) is 13.9. The number of aromatic nitrogens is 5. The number of nitrogens with one attached hydrogen (secondary N) is 2. The number of para-hydroxylation sites is 2. The maximum Gasteiger partial charge on any atom is 0.414 e. The molecule has 0 spiro atoms. The summed E-state index contributed by atoms with van der Waals surface area (Å²) < 4.78 is 17.7. The number of fused-ring (bicyclic) bond motifs is 2. The van der Waals surface area contributed by atoms with Crippen molar-refractivity contribution in [3.63, 3.8) is 0 Å². The summed E-state index contributed by atoms with van der Waals surface area (Å²) in [6, 6.07) is 17.2. The quantitative estimate of drug-likeness (QED) is 0.198. The number of carboxylic acid groups (broad SMARTS) is 2. The Bertz CT molecular complexity index is 1700. The third-order valence-corrected chi connectivity index (χ3v) is 7.41. The van der Waals surface area contributed by atoms with E-state index >= 15 is 0 Å². The molecule has 12 nitrogen and oxygen atoms in total. The zero-order chi connectivity index (χ0) is 30.3. The molecule has 3 aromatic heterocycles. The molecule has 0 bridgehead atoms. The molecular weight excluding hydrogens is 555 g/mol. The molecular formula is C30H33FN8O4. The lowest BCUT2D eigenvalue weighted by Gasteiger charge is -2.32. The summed E-state index contributed by atoms with van der Waals surface area (Å²) >= 11 is 0. The lowest BCUT2D eigenvalue weighted by molar-refractivity contribution is -0.159. The molecule has 4 N–H and O–H groups in total. The first-order valence-corrected chi connectivity index (χ1v) is 13.9. The highest BCUT2D eigenvalue weighted by Gasteiger charge is 2.21. The van der Waals surface area contributed by atoms with E-state index in [1.165, 1.54) is 12.1 Å². The number of aryl methyl sites for hydroxylation is 1. The Labute approximate surface area is 246 Å². The molecule has 224 valence electrons. The highest BCUT2D eigenvalue weighted by molar-refractivity contribution is 6.27. The molecule has 0 atom stereocenters. The Hall–Kier alpha value is -5.04. The average Bonchev–Trinajstić information content (AvgIpc) is 3.52. The number of carbonyl (C=O) groups is 2. The number of halogens is 1. The van der Waals surface area contributed by atoms with Gasteiger partial charge in [0.25, 0.3) is 0 Å². The van der Waals surface area contributed by atoms with Crippen LogP contribution in [0, 0.1) is 5.82 Å². The van der Waals surface area contributed by atoms with Gasteiger partial charge < -0.3 is 34.9 Å². The maximum absolute atomic E-state index is 13.4. The number of piperidine rings is 1. The predicted molar refractivity (Wildman–Crippen MR) is 161 cm³/mol. The SMILES string of the molecule is Cn1c(NCCN2CCC(Nc3nc4ccccc4n3Cc3ccc(F)cc3)CC2)nc2ccncc21.O=C(O)C(=O)O. The molecule has 1 fully saturated rings. The van der Waals surface area contributed by atoms with Crippen LogP contribution < -0.4 is 10.6 Å². The van der Waals surface area contributed by atoms with Crippen molar-refractivity contribution in [3.8, 4) is 0 Å². The third-order valence-electron chi connectivity index (χ3n) is 7.41. The van der Waals surface area contributed by atoms with Crippen LogP contribution in [0.15, 0.2) is 67.0 Å². The molecule has 1 aliphatic rings. The summed E-state index contributed by atoms with van der Waals surface area (Å²) in [6.07, 6.45) is 5.73.